The highest BCUT2D eigenvalue weighted by molar-refractivity contribution is 5.81. The van der Waals surface area contributed by atoms with Crippen LogP contribution in [-0.2, 0) is 4.79 Å². The van der Waals surface area contributed by atoms with Crippen molar-refractivity contribution >= 4 is 5.91 Å². The zero-order valence-electron chi connectivity index (χ0n) is 11.3. The van der Waals surface area contributed by atoms with E-state index in [0.29, 0.717) is 13.0 Å². The maximum atomic E-state index is 11.8. The summed E-state index contributed by atoms with van der Waals surface area (Å²) < 4.78 is 5.79. The average molecular weight is 247 g/mol. The Morgan fingerprint density at radius 2 is 2.22 bits per heavy atom. The quantitative estimate of drug-likeness (QED) is 0.785. The van der Waals surface area contributed by atoms with E-state index in [2.05, 4.69) is 11.9 Å². The van der Waals surface area contributed by atoms with Crippen LogP contribution in [0.4, 0.5) is 0 Å². The SMILES string of the molecule is C=CCNC(=O)[C@H](CC)Oc1cccc(C)c1C. The van der Waals surface area contributed by atoms with Crippen molar-refractivity contribution in [2.45, 2.75) is 33.3 Å². The second-order valence-electron chi connectivity index (χ2n) is 4.25. The van der Waals surface area contributed by atoms with E-state index in [1.165, 1.54) is 0 Å². The van der Waals surface area contributed by atoms with Crippen LogP contribution in [0.3, 0.4) is 0 Å². The first-order valence-corrected chi connectivity index (χ1v) is 6.21. The van der Waals surface area contributed by atoms with E-state index in [-0.39, 0.29) is 5.91 Å². The summed E-state index contributed by atoms with van der Waals surface area (Å²) in [5.74, 6) is 0.675. The molecule has 0 aromatic heterocycles. The number of nitrogens with one attached hydrogen (secondary N) is 1. The smallest absolute Gasteiger partial charge is 0.261 e. The summed E-state index contributed by atoms with van der Waals surface area (Å²) in [6, 6.07) is 5.86. The van der Waals surface area contributed by atoms with Gasteiger partial charge < -0.3 is 10.1 Å². The lowest BCUT2D eigenvalue weighted by molar-refractivity contribution is -0.127. The summed E-state index contributed by atoms with van der Waals surface area (Å²) in [4.78, 5) is 11.8. The van der Waals surface area contributed by atoms with Gasteiger partial charge in [-0.15, -0.1) is 6.58 Å². The van der Waals surface area contributed by atoms with Gasteiger partial charge in [-0.1, -0.05) is 25.1 Å². The third-order valence-corrected chi connectivity index (χ3v) is 2.91. The minimum Gasteiger partial charge on any atom is -0.480 e. The number of hydrogen-bond donors (Lipinski definition) is 1. The van der Waals surface area contributed by atoms with Crippen LogP contribution in [0.5, 0.6) is 5.75 Å². The molecular formula is C15H21NO2. The number of rotatable bonds is 6. The molecule has 1 N–H and O–H groups in total. The molecule has 1 rings (SSSR count). The molecule has 0 spiro atoms. The van der Waals surface area contributed by atoms with E-state index in [4.69, 9.17) is 4.74 Å². The van der Waals surface area contributed by atoms with Crippen LogP contribution < -0.4 is 10.1 Å². The summed E-state index contributed by atoms with van der Waals surface area (Å²) in [6.45, 7) is 10.00. The Hall–Kier alpha value is -1.77. The first-order chi connectivity index (χ1) is 8.60. The van der Waals surface area contributed by atoms with Gasteiger partial charge in [0, 0.05) is 6.54 Å². The third kappa shape index (κ3) is 3.62. The highest BCUT2D eigenvalue weighted by Crippen LogP contribution is 2.22. The molecule has 0 aliphatic rings. The van der Waals surface area contributed by atoms with E-state index in [9.17, 15) is 4.79 Å². The average Bonchev–Trinajstić information content (AvgIpc) is 2.37. The van der Waals surface area contributed by atoms with Crippen molar-refractivity contribution in [1.29, 1.82) is 0 Å². The minimum absolute atomic E-state index is 0.0988. The fraction of sp³-hybridized carbons (Fsp3) is 0.400. The molecule has 1 atom stereocenters. The number of amides is 1. The molecule has 3 heteroatoms. The predicted molar refractivity (Wildman–Crippen MR) is 73.8 cm³/mol. The highest BCUT2D eigenvalue weighted by atomic mass is 16.5. The summed E-state index contributed by atoms with van der Waals surface area (Å²) in [5, 5.41) is 2.76. The molecule has 0 saturated carbocycles. The zero-order valence-corrected chi connectivity index (χ0v) is 11.3. The molecule has 0 saturated heterocycles. The topological polar surface area (TPSA) is 38.3 Å². The Balaban J connectivity index is 2.76. The molecule has 3 nitrogen and oxygen atoms in total. The molecule has 1 amide bonds. The fourth-order valence-corrected chi connectivity index (χ4v) is 1.61. The van der Waals surface area contributed by atoms with Gasteiger partial charge in [0.05, 0.1) is 0 Å². The van der Waals surface area contributed by atoms with E-state index in [0.717, 1.165) is 16.9 Å². The highest BCUT2D eigenvalue weighted by Gasteiger charge is 2.18. The molecule has 18 heavy (non-hydrogen) atoms. The largest absolute Gasteiger partial charge is 0.480 e. The minimum atomic E-state index is -0.453. The summed E-state index contributed by atoms with van der Waals surface area (Å²) in [5.41, 5.74) is 2.24. The molecule has 0 unspecified atom stereocenters. The van der Waals surface area contributed by atoms with Gasteiger partial charge in [0.25, 0.3) is 5.91 Å². The number of ether oxygens (including phenoxy) is 1. The van der Waals surface area contributed by atoms with E-state index < -0.39 is 6.10 Å². The van der Waals surface area contributed by atoms with Crippen molar-refractivity contribution in [3.8, 4) is 5.75 Å². The maximum absolute atomic E-state index is 11.8. The van der Waals surface area contributed by atoms with E-state index >= 15 is 0 Å². The molecule has 0 radical (unpaired) electrons. The normalized spacial score (nSPS) is 11.7. The van der Waals surface area contributed by atoms with Crippen LogP contribution >= 0.6 is 0 Å². The maximum Gasteiger partial charge on any atom is 0.261 e. The summed E-state index contributed by atoms with van der Waals surface area (Å²) in [7, 11) is 0. The van der Waals surface area contributed by atoms with Crippen molar-refractivity contribution in [3.05, 3.63) is 42.0 Å². The van der Waals surface area contributed by atoms with Gasteiger partial charge in [-0.25, -0.2) is 0 Å². The number of hydrogen-bond acceptors (Lipinski definition) is 2. The Kier molecular flexibility index (Phi) is 5.43. The lowest BCUT2D eigenvalue weighted by Crippen LogP contribution is -2.38. The standard InChI is InChI=1S/C15H21NO2/c1-5-10-16-15(17)13(6-2)18-14-9-7-8-11(3)12(14)4/h5,7-9,13H,1,6,10H2,2-4H3,(H,16,17)/t13-/m0/s1. The number of aryl methyl sites for hydroxylation is 1. The van der Waals surface area contributed by atoms with Gasteiger partial charge in [0.1, 0.15) is 5.75 Å². The summed E-state index contributed by atoms with van der Waals surface area (Å²) in [6.07, 6.45) is 1.84. The number of carbonyl (C=O) groups excluding carboxylic acids is 1. The molecule has 1 aromatic carbocycles. The Morgan fingerprint density at radius 3 is 2.83 bits per heavy atom. The molecule has 1 aromatic rings. The molecule has 0 bridgehead atoms. The number of carbonyl (C=O) groups is 1. The van der Waals surface area contributed by atoms with Crippen molar-refractivity contribution in [2.75, 3.05) is 6.54 Å². The molecular weight excluding hydrogens is 226 g/mol. The van der Waals surface area contributed by atoms with Crippen LogP contribution in [0, 0.1) is 13.8 Å². The Bertz CT molecular complexity index is 427. The van der Waals surface area contributed by atoms with Crippen molar-refractivity contribution < 1.29 is 9.53 Å². The summed E-state index contributed by atoms with van der Waals surface area (Å²) >= 11 is 0. The second kappa shape index (κ2) is 6.84. The Morgan fingerprint density at radius 1 is 1.50 bits per heavy atom. The molecule has 0 aliphatic carbocycles. The van der Waals surface area contributed by atoms with Gasteiger partial charge in [0.15, 0.2) is 6.10 Å². The predicted octanol–water partition coefficient (Wildman–Crippen LogP) is 2.76. The van der Waals surface area contributed by atoms with Crippen LogP contribution in [0.25, 0.3) is 0 Å². The van der Waals surface area contributed by atoms with E-state index in [1.54, 1.807) is 6.08 Å². The van der Waals surface area contributed by atoms with Crippen LogP contribution in [0.1, 0.15) is 24.5 Å². The fourth-order valence-electron chi connectivity index (χ4n) is 1.61. The van der Waals surface area contributed by atoms with Crippen molar-refractivity contribution in [3.63, 3.8) is 0 Å². The van der Waals surface area contributed by atoms with Crippen LogP contribution in [0.15, 0.2) is 30.9 Å². The lowest BCUT2D eigenvalue weighted by atomic mass is 10.1. The van der Waals surface area contributed by atoms with Gasteiger partial charge in [0.2, 0.25) is 0 Å². The van der Waals surface area contributed by atoms with Gasteiger partial charge in [-0.2, -0.15) is 0 Å². The van der Waals surface area contributed by atoms with E-state index in [1.807, 2.05) is 39.0 Å². The molecule has 0 aliphatic heterocycles. The zero-order chi connectivity index (χ0) is 13.5. The molecule has 0 heterocycles. The van der Waals surface area contributed by atoms with Gasteiger partial charge in [-0.05, 0) is 37.5 Å². The van der Waals surface area contributed by atoms with Crippen LogP contribution in [0.2, 0.25) is 0 Å². The first-order valence-electron chi connectivity index (χ1n) is 6.21. The molecule has 98 valence electrons. The van der Waals surface area contributed by atoms with Crippen LogP contribution in [-0.4, -0.2) is 18.6 Å². The van der Waals surface area contributed by atoms with Gasteiger partial charge >= 0.3 is 0 Å². The monoisotopic (exact) mass is 247 g/mol. The second-order valence-corrected chi connectivity index (χ2v) is 4.25. The lowest BCUT2D eigenvalue weighted by Gasteiger charge is -2.18. The van der Waals surface area contributed by atoms with Crippen molar-refractivity contribution in [1.82, 2.24) is 5.32 Å². The van der Waals surface area contributed by atoms with Crippen molar-refractivity contribution in [2.24, 2.45) is 0 Å². The number of benzene rings is 1. The molecule has 0 fully saturated rings. The first kappa shape index (κ1) is 14.3. The Labute approximate surface area is 109 Å². The van der Waals surface area contributed by atoms with Gasteiger partial charge in [-0.3, -0.25) is 4.79 Å². The third-order valence-electron chi connectivity index (χ3n) is 2.91.